The van der Waals surface area contributed by atoms with Crippen molar-refractivity contribution < 1.29 is 28.3 Å². The lowest BCUT2D eigenvalue weighted by Gasteiger charge is -2.15. The number of carboxylic acids is 1. The summed E-state index contributed by atoms with van der Waals surface area (Å²) in [4.78, 5) is 47.3. The van der Waals surface area contributed by atoms with E-state index >= 15 is 0 Å². The normalized spacial score (nSPS) is 12.1. The van der Waals surface area contributed by atoms with E-state index in [9.17, 15) is 24.3 Å². The number of furan rings is 1. The highest BCUT2D eigenvalue weighted by Gasteiger charge is 2.22. The number of nitrogens with two attached hydrogens (primary N) is 1. The summed E-state index contributed by atoms with van der Waals surface area (Å²) < 4.78 is 11.5. The smallest absolute Gasteiger partial charge is 0.339 e. The number of carbonyl (C=O) groups is 3. The fourth-order valence-corrected chi connectivity index (χ4v) is 4.06. The number of fused-ring (bicyclic) bond motifs is 2. The van der Waals surface area contributed by atoms with E-state index < -0.39 is 29.6 Å². The number of benzene rings is 1. The molecule has 3 aromatic rings. The largest absolute Gasteiger partial charge is 0.480 e. The summed E-state index contributed by atoms with van der Waals surface area (Å²) in [7, 11) is 0. The molecule has 0 saturated carbocycles. The quantitative estimate of drug-likeness (QED) is 0.275. The van der Waals surface area contributed by atoms with Crippen molar-refractivity contribution in [3.05, 3.63) is 44.5 Å². The average Bonchev–Trinajstić information content (AvgIpc) is 3.05. The zero-order valence-electron chi connectivity index (χ0n) is 19.7. The molecule has 2 heterocycles. The van der Waals surface area contributed by atoms with Crippen LogP contribution in [0.2, 0.25) is 0 Å². The molecule has 1 atom stereocenters. The Balaban J connectivity index is 1.77. The van der Waals surface area contributed by atoms with Gasteiger partial charge in [0.2, 0.25) is 5.91 Å². The highest BCUT2D eigenvalue weighted by molar-refractivity contribution is 6.00. The maximum Gasteiger partial charge on any atom is 0.339 e. The molecule has 34 heavy (non-hydrogen) atoms. The van der Waals surface area contributed by atoms with E-state index in [0.717, 1.165) is 33.2 Å². The number of hydrogen-bond donors (Lipinski definition) is 4. The maximum atomic E-state index is 12.7. The van der Waals surface area contributed by atoms with Gasteiger partial charge in [0.15, 0.2) is 0 Å². The number of urea groups is 1. The lowest BCUT2D eigenvalue weighted by atomic mass is 9.98. The Bertz CT molecular complexity index is 1340. The van der Waals surface area contributed by atoms with Crippen molar-refractivity contribution in [1.82, 2.24) is 10.6 Å². The van der Waals surface area contributed by atoms with Crippen molar-refractivity contribution >= 4 is 39.8 Å². The molecular formula is C24H29N3O7. The molecule has 0 aliphatic heterocycles. The Morgan fingerprint density at radius 1 is 1.03 bits per heavy atom. The van der Waals surface area contributed by atoms with Crippen LogP contribution in [0.5, 0.6) is 0 Å². The van der Waals surface area contributed by atoms with Crippen molar-refractivity contribution in [2.75, 3.05) is 6.54 Å². The van der Waals surface area contributed by atoms with E-state index in [2.05, 4.69) is 10.6 Å². The summed E-state index contributed by atoms with van der Waals surface area (Å²) in [5, 5.41) is 15.9. The number of nitrogens with one attached hydrogen (secondary N) is 2. The second-order valence-electron chi connectivity index (χ2n) is 8.42. The number of amides is 3. The molecule has 0 bridgehead atoms. The van der Waals surface area contributed by atoms with Gasteiger partial charge in [-0.2, -0.15) is 0 Å². The molecule has 0 fully saturated rings. The lowest BCUT2D eigenvalue weighted by Crippen LogP contribution is -2.41. The molecule has 0 spiro atoms. The van der Waals surface area contributed by atoms with Crippen LogP contribution >= 0.6 is 0 Å². The third-order valence-corrected chi connectivity index (χ3v) is 6.15. The predicted molar refractivity (Wildman–Crippen MR) is 126 cm³/mol. The summed E-state index contributed by atoms with van der Waals surface area (Å²) >= 11 is 0. The third kappa shape index (κ3) is 5.05. The topological polar surface area (TPSA) is 165 Å². The first kappa shape index (κ1) is 24.8. The van der Waals surface area contributed by atoms with Crippen molar-refractivity contribution in [2.24, 2.45) is 5.73 Å². The van der Waals surface area contributed by atoms with Crippen LogP contribution in [0.15, 0.2) is 19.7 Å². The van der Waals surface area contributed by atoms with Gasteiger partial charge in [-0.25, -0.2) is 14.4 Å². The van der Waals surface area contributed by atoms with Gasteiger partial charge in [0.25, 0.3) is 0 Å². The van der Waals surface area contributed by atoms with Gasteiger partial charge in [-0.15, -0.1) is 0 Å². The SMILES string of the molecule is Cc1oc2c(C)c3oc(=O)c(CCC(=O)N[C@@H](CCCNC(N)=O)C(=O)O)c(C)c3cc2c1C. The standard InChI is InChI=1S/C24H29N3O7/c1-11-14(4)33-20-13(3)21-17(10-16(11)20)12(2)15(23(31)34-21)7-8-19(28)27-18(22(29)30)6-5-9-26-24(25)32/h10,18H,5-9H2,1-4H3,(H,27,28)(H,29,30)(H3,25,26,32)/t18-/m0/s1. The summed E-state index contributed by atoms with van der Waals surface area (Å²) in [6.45, 7) is 7.70. The first-order valence-electron chi connectivity index (χ1n) is 11.0. The minimum absolute atomic E-state index is 0.0779. The molecule has 2 aromatic heterocycles. The van der Waals surface area contributed by atoms with Gasteiger partial charge in [0, 0.05) is 34.9 Å². The molecule has 0 aliphatic rings. The Kier molecular flexibility index (Phi) is 7.29. The maximum absolute atomic E-state index is 12.7. The second-order valence-corrected chi connectivity index (χ2v) is 8.42. The van der Waals surface area contributed by atoms with Gasteiger partial charge in [-0.1, -0.05) is 0 Å². The van der Waals surface area contributed by atoms with Gasteiger partial charge >= 0.3 is 17.6 Å². The minimum atomic E-state index is -1.18. The number of hydrogen-bond acceptors (Lipinski definition) is 6. The summed E-state index contributed by atoms with van der Waals surface area (Å²) in [5.41, 5.74) is 8.41. The molecular weight excluding hydrogens is 442 g/mol. The van der Waals surface area contributed by atoms with E-state index in [1.807, 2.05) is 33.8 Å². The van der Waals surface area contributed by atoms with Crippen molar-refractivity contribution in [1.29, 1.82) is 0 Å². The van der Waals surface area contributed by atoms with Gasteiger partial charge in [-0.05, 0) is 64.2 Å². The van der Waals surface area contributed by atoms with Crippen molar-refractivity contribution in [3.63, 3.8) is 0 Å². The molecule has 0 saturated heterocycles. The van der Waals surface area contributed by atoms with E-state index in [4.69, 9.17) is 14.6 Å². The third-order valence-electron chi connectivity index (χ3n) is 6.15. The fraction of sp³-hybridized carbons (Fsp3) is 0.417. The molecule has 0 unspecified atom stereocenters. The van der Waals surface area contributed by atoms with Crippen molar-refractivity contribution in [3.8, 4) is 0 Å². The first-order valence-corrected chi connectivity index (χ1v) is 11.0. The lowest BCUT2D eigenvalue weighted by molar-refractivity contribution is -0.142. The van der Waals surface area contributed by atoms with Crippen LogP contribution in [0.1, 0.15) is 47.3 Å². The summed E-state index contributed by atoms with van der Waals surface area (Å²) in [6.07, 6.45) is 0.475. The molecule has 182 valence electrons. The zero-order valence-corrected chi connectivity index (χ0v) is 19.7. The fourth-order valence-electron chi connectivity index (χ4n) is 4.06. The first-order chi connectivity index (χ1) is 16.0. The van der Waals surface area contributed by atoms with Crippen LogP contribution < -0.4 is 22.0 Å². The van der Waals surface area contributed by atoms with Crippen LogP contribution in [-0.2, 0) is 16.0 Å². The van der Waals surface area contributed by atoms with Gasteiger partial charge in [0.05, 0.1) is 0 Å². The van der Waals surface area contributed by atoms with Gasteiger partial charge < -0.3 is 30.3 Å². The molecule has 10 nitrogen and oxygen atoms in total. The molecule has 3 amide bonds. The number of rotatable bonds is 9. The van der Waals surface area contributed by atoms with Gasteiger partial charge in [-0.3, -0.25) is 4.79 Å². The Hall–Kier alpha value is -3.82. The zero-order chi connectivity index (χ0) is 25.2. The van der Waals surface area contributed by atoms with E-state index in [-0.39, 0.29) is 25.8 Å². The van der Waals surface area contributed by atoms with E-state index in [0.29, 0.717) is 23.2 Å². The summed E-state index contributed by atoms with van der Waals surface area (Å²) in [6, 6.07) is 0.125. The number of carboxylic acid groups (broad SMARTS) is 1. The van der Waals surface area contributed by atoms with Crippen LogP contribution in [0, 0.1) is 27.7 Å². The Morgan fingerprint density at radius 2 is 1.68 bits per heavy atom. The average molecular weight is 472 g/mol. The molecule has 1 aromatic carbocycles. The molecule has 5 N–H and O–H groups in total. The van der Waals surface area contributed by atoms with Crippen LogP contribution in [0.25, 0.3) is 21.9 Å². The molecule has 10 heteroatoms. The highest BCUT2D eigenvalue weighted by atomic mass is 16.4. The molecule has 3 rings (SSSR count). The molecule has 0 radical (unpaired) electrons. The van der Waals surface area contributed by atoms with Crippen LogP contribution in [-0.4, -0.2) is 35.6 Å². The Morgan fingerprint density at radius 3 is 2.32 bits per heavy atom. The number of aryl methyl sites for hydroxylation is 4. The predicted octanol–water partition coefficient (Wildman–Crippen LogP) is 2.72. The van der Waals surface area contributed by atoms with Gasteiger partial charge in [0.1, 0.15) is 23.0 Å². The highest BCUT2D eigenvalue weighted by Crippen LogP contribution is 2.34. The minimum Gasteiger partial charge on any atom is -0.480 e. The summed E-state index contributed by atoms with van der Waals surface area (Å²) in [5.74, 6) is -0.884. The van der Waals surface area contributed by atoms with Crippen LogP contribution in [0.3, 0.4) is 0 Å². The van der Waals surface area contributed by atoms with Crippen LogP contribution in [0.4, 0.5) is 4.79 Å². The second kappa shape index (κ2) is 9.98. The Labute approximate surface area is 195 Å². The van der Waals surface area contributed by atoms with E-state index in [1.54, 1.807) is 0 Å². The number of carbonyl (C=O) groups excluding carboxylic acids is 2. The monoisotopic (exact) mass is 471 g/mol. The molecule has 0 aliphatic carbocycles. The van der Waals surface area contributed by atoms with Crippen molar-refractivity contribution in [2.45, 2.75) is 59.4 Å². The number of primary amides is 1. The number of aliphatic carboxylic acids is 1. The van der Waals surface area contributed by atoms with E-state index in [1.165, 1.54) is 0 Å².